The lowest BCUT2D eigenvalue weighted by atomic mass is 9.76. The average Bonchev–Trinajstić information content (AvgIpc) is 3.04. The van der Waals surface area contributed by atoms with Gasteiger partial charge in [0.25, 0.3) is 0 Å². The lowest BCUT2D eigenvalue weighted by Gasteiger charge is -2.45. The van der Waals surface area contributed by atoms with Crippen LogP contribution in [0.4, 0.5) is 0 Å². The third kappa shape index (κ3) is 3.31. The molecule has 4 aliphatic rings. The molecule has 2 saturated heterocycles. The highest BCUT2D eigenvalue weighted by Gasteiger charge is 2.59. The molecular formula is C21H32O9. The van der Waals surface area contributed by atoms with Crippen LogP contribution in [0.15, 0.2) is 11.6 Å². The van der Waals surface area contributed by atoms with Gasteiger partial charge in [0.1, 0.15) is 30.5 Å². The minimum atomic E-state index is -1.56. The zero-order valence-electron chi connectivity index (χ0n) is 17.4. The van der Waals surface area contributed by atoms with E-state index < -0.39 is 49.0 Å². The Morgan fingerprint density at radius 3 is 2.53 bits per heavy atom. The molecule has 2 aliphatic carbocycles. The fourth-order valence-electron chi connectivity index (χ4n) is 5.73. The monoisotopic (exact) mass is 428 g/mol. The van der Waals surface area contributed by atoms with Crippen molar-refractivity contribution in [3.05, 3.63) is 11.6 Å². The predicted octanol–water partition coefficient (Wildman–Crippen LogP) is -0.914. The van der Waals surface area contributed by atoms with Gasteiger partial charge in [0.05, 0.1) is 24.2 Å². The molecule has 0 aromatic rings. The number of esters is 1. The van der Waals surface area contributed by atoms with Gasteiger partial charge in [-0.15, -0.1) is 0 Å². The van der Waals surface area contributed by atoms with Crippen molar-refractivity contribution in [1.29, 1.82) is 0 Å². The van der Waals surface area contributed by atoms with E-state index in [0.717, 1.165) is 5.57 Å². The minimum absolute atomic E-state index is 0.00591. The summed E-state index contributed by atoms with van der Waals surface area (Å²) in [4.78, 5) is 12.1. The van der Waals surface area contributed by atoms with E-state index >= 15 is 0 Å². The molecule has 0 unspecified atom stereocenters. The van der Waals surface area contributed by atoms with E-state index in [-0.39, 0.29) is 35.7 Å². The third-order valence-corrected chi connectivity index (χ3v) is 7.81. The zero-order chi connectivity index (χ0) is 22.0. The fraction of sp³-hybridized carbons (Fsp3) is 0.857. The largest absolute Gasteiger partial charge is 0.458 e. The Morgan fingerprint density at radius 1 is 1.17 bits per heavy atom. The van der Waals surface area contributed by atoms with E-state index in [0.29, 0.717) is 12.8 Å². The summed E-state index contributed by atoms with van der Waals surface area (Å²) in [5.41, 5.74) is -0.109. The zero-order valence-corrected chi connectivity index (χ0v) is 17.4. The molecule has 9 nitrogen and oxygen atoms in total. The second kappa shape index (κ2) is 7.81. The van der Waals surface area contributed by atoms with Crippen molar-refractivity contribution in [1.82, 2.24) is 0 Å². The van der Waals surface area contributed by atoms with E-state index in [1.165, 1.54) is 0 Å². The molecule has 0 spiro atoms. The van der Waals surface area contributed by atoms with Crippen molar-refractivity contribution in [2.45, 2.75) is 82.1 Å². The molecule has 2 aliphatic heterocycles. The molecule has 0 amide bonds. The Hall–Kier alpha value is -1.07. The van der Waals surface area contributed by atoms with Crippen LogP contribution in [0.3, 0.4) is 0 Å². The highest BCUT2D eigenvalue weighted by Crippen LogP contribution is 2.54. The van der Waals surface area contributed by atoms with Gasteiger partial charge in [0.15, 0.2) is 6.29 Å². The predicted molar refractivity (Wildman–Crippen MR) is 102 cm³/mol. The van der Waals surface area contributed by atoms with E-state index in [1.807, 2.05) is 19.9 Å². The van der Waals surface area contributed by atoms with Crippen LogP contribution in [0.1, 0.15) is 33.6 Å². The summed E-state index contributed by atoms with van der Waals surface area (Å²) in [6.45, 7) is 5.00. The second-order valence-corrected chi connectivity index (χ2v) is 9.46. The van der Waals surface area contributed by atoms with Gasteiger partial charge in [-0.1, -0.05) is 12.5 Å². The number of fused-ring (bicyclic) bond motifs is 2. The molecule has 9 heteroatoms. The second-order valence-electron chi connectivity index (χ2n) is 9.46. The molecule has 0 radical (unpaired) electrons. The van der Waals surface area contributed by atoms with E-state index in [1.54, 1.807) is 6.92 Å². The Bertz CT molecular complexity index is 709. The molecule has 4 rings (SSSR count). The average molecular weight is 428 g/mol. The molecule has 0 aromatic heterocycles. The van der Waals surface area contributed by atoms with Gasteiger partial charge >= 0.3 is 5.97 Å². The number of aliphatic hydroxyl groups excluding tert-OH is 5. The van der Waals surface area contributed by atoms with E-state index in [2.05, 4.69) is 0 Å². The van der Waals surface area contributed by atoms with Crippen LogP contribution in [0, 0.1) is 23.7 Å². The number of carbonyl (C=O) groups excluding carboxylic acids is 1. The number of aliphatic hydroxyl groups is 5. The molecule has 5 N–H and O–H groups in total. The molecule has 3 fully saturated rings. The molecule has 1 saturated carbocycles. The highest BCUT2D eigenvalue weighted by atomic mass is 16.7. The molecule has 30 heavy (non-hydrogen) atoms. The summed E-state index contributed by atoms with van der Waals surface area (Å²) in [7, 11) is 0. The topological polar surface area (TPSA) is 146 Å². The minimum Gasteiger partial charge on any atom is -0.458 e. The van der Waals surface area contributed by atoms with Crippen molar-refractivity contribution in [3.8, 4) is 0 Å². The third-order valence-electron chi connectivity index (χ3n) is 7.81. The van der Waals surface area contributed by atoms with Crippen molar-refractivity contribution in [2.24, 2.45) is 23.7 Å². The Morgan fingerprint density at radius 2 is 1.87 bits per heavy atom. The van der Waals surface area contributed by atoms with Gasteiger partial charge in [0.2, 0.25) is 0 Å². The standard InChI is InChI=1S/C21H32O9/c1-8-4-13-11(9(2)19(27)28-13)5-12-10(8)6-15(23)21(12,3)30-20-18(26)17(25)16(24)14(7-22)29-20/h4,9-18,20,22-26H,5-7H2,1-3H3/t9-,10-,11+,12+,13+,14+,15+,16+,17-,18+,20-,21+/m0/s1. The Labute approximate surface area is 175 Å². The number of allylic oxidation sites excluding steroid dienone is 1. The number of rotatable bonds is 3. The summed E-state index contributed by atoms with van der Waals surface area (Å²) in [6, 6.07) is 0. The van der Waals surface area contributed by atoms with Gasteiger partial charge < -0.3 is 39.7 Å². The number of carbonyl (C=O) groups is 1. The molecule has 170 valence electrons. The maximum Gasteiger partial charge on any atom is 0.309 e. The van der Waals surface area contributed by atoms with E-state index in [9.17, 15) is 30.3 Å². The number of hydrogen-bond donors (Lipinski definition) is 5. The van der Waals surface area contributed by atoms with Gasteiger partial charge in [0, 0.05) is 5.92 Å². The SMILES string of the molecule is CC1=C[C@H]2OC(=O)[C@@H](C)[C@H]2C[C@@H]2[C@H]1C[C@@H](O)[C@]2(C)O[C@@H]1O[C@H](CO)[C@@H](O)[C@H](O)[C@H]1O. The fourth-order valence-corrected chi connectivity index (χ4v) is 5.73. The first kappa shape index (κ1) is 22.1. The molecular weight excluding hydrogens is 396 g/mol. The first-order valence-electron chi connectivity index (χ1n) is 10.6. The van der Waals surface area contributed by atoms with Crippen molar-refractivity contribution in [2.75, 3.05) is 6.61 Å². The maximum absolute atomic E-state index is 12.1. The number of ether oxygens (including phenoxy) is 3. The van der Waals surface area contributed by atoms with Crippen LogP contribution in [-0.2, 0) is 19.0 Å². The van der Waals surface area contributed by atoms with Crippen LogP contribution in [0.2, 0.25) is 0 Å². The normalized spacial score (nSPS) is 53.5. The van der Waals surface area contributed by atoms with Crippen LogP contribution in [-0.4, -0.2) is 86.6 Å². The lowest BCUT2D eigenvalue weighted by Crippen LogP contribution is -2.62. The summed E-state index contributed by atoms with van der Waals surface area (Å²) in [5, 5.41) is 50.9. The van der Waals surface area contributed by atoms with Crippen LogP contribution in [0.25, 0.3) is 0 Å². The summed E-state index contributed by atoms with van der Waals surface area (Å²) >= 11 is 0. The molecule has 12 atom stereocenters. The molecule has 2 heterocycles. The van der Waals surface area contributed by atoms with Crippen molar-refractivity contribution in [3.63, 3.8) is 0 Å². The Balaban J connectivity index is 1.61. The lowest BCUT2D eigenvalue weighted by molar-refractivity contribution is -0.337. The first-order chi connectivity index (χ1) is 14.1. The highest BCUT2D eigenvalue weighted by molar-refractivity contribution is 5.75. The molecule has 0 bridgehead atoms. The van der Waals surface area contributed by atoms with Crippen LogP contribution < -0.4 is 0 Å². The van der Waals surface area contributed by atoms with Crippen molar-refractivity contribution < 1.29 is 44.5 Å². The quantitative estimate of drug-likeness (QED) is 0.285. The number of hydrogen-bond acceptors (Lipinski definition) is 9. The first-order valence-corrected chi connectivity index (χ1v) is 10.6. The van der Waals surface area contributed by atoms with Gasteiger partial charge in [-0.05, 0) is 44.6 Å². The van der Waals surface area contributed by atoms with Gasteiger partial charge in [-0.3, -0.25) is 4.79 Å². The van der Waals surface area contributed by atoms with Gasteiger partial charge in [-0.25, -0.2) is 0 Å². The van der Waals surface area contributed by atoms with Crippen LogP contribution in [0.5, 0.6) is 0 Å². The summed E-state index contributed by atoms with van der Waals surface area (Å²) < 4.78 is 17.2. The van der Waals surface area contributed by atoms with Crippen LogP contribution >= 0.6 is 0 Å². The summed E-state index contributed by atoms with van der Waals surface area (Å²) in [6.07, 6.45) is -5.16. The van der Waals surface area contributed by atoms with E-state index in [4.69, 9.17) is 14.2 Å². The summed E-state index contributed by atoms with van der Waals surface area (Å²) in [5.74, 6) is -0.727. The molecule has 0 aromatic carbocycles. The van der Waals surface area contributed by atoms with Crippen molar-refractivity contribution >= 4 is 5.97 Å². The Kier molecular flexibility index (Phi) is 5.76. The van der Waals surface area contributed by atoms with Gasteiger partial charge in [-0.2, -0.15) is 0 Å². The smallest absolute Gasteiger partial charge is 0.309 e. The maximum atomic E-state index is 12.1.